The van der Waals surface area contributed by atoms with E-state index in [1.54, 1.807) is 58.3 Å². The second-order valence-electron chi connectivity index (χ2n) is 5.99. The normalized spacial score (nSPS) is 14.4. The van der Waals surface area contributed by atoms with E-state index in [1.165, 1.54) is 0 Å². The molecule has 0 aliphatic carbocycles. The number of hydrogen-bond acceptors (Lipinski definition) is 3. The van der Waals surface area contributed by atoms with Crippen molar-refractivity contribution in [2.24, 2.45) is 0 Å². The minimum atomic E-state index is -0.0514. The Morgan fingerprint density at radius 2 is 1.52 bits per heavy atom. The van der Waals surface area contributed by atoms with E-state index in [9.17, 15) is 14.7 Å². The molecular formula is C19H19ClN2O3. The number of phenols is 1. The highest BCUT2D eigenvalue weighted by Gasteiger charge is 2.25. The molecule has 3 rings (SSSR count). The first kappa shape index (κ1) is 17.3. The minimum absolute atomic E-state index is 0.0416. The number of phenolic OH excluding ortho intramolecular Hbond substituents is 1. The van der Waals surface area contributed by atoms with E-state index in [-0.39, 0.29) is 24.0 Å². The quantitative estimate of drug-likeness (QED) is 0.917. The van der Waals surface area contributed by atoms with Gasteiger partial charge in [-0.3, -0.25) is 9.59 Å². The molecule has 2 aromatic carbocycles. The lowest BCUT2D eigenvalue weighted by molar-refractivity contribution is -0.131. The Balaban J connectivity index is 1.56. The zero-order valence-electron chi connectivity index (χ0n) is 13.7. The van der Waals surface area contributed by atoms with Gasteiger partial charge in [0.2, 0.25) is 5.91 Å². The number of halogens is 1. The van der Waals surface area contributed by atoms with Gasteiger partial charge in [-0.1, -0.05) is 29.8 Å². The van der Waals surface area contributed by atoms with Crippen molar-refractivity contribution in [1.29, 1.82) is 0 Å². The van der Waals surface area contributed by atoms with Crippen LogP contribution in [0.25, 0.3) is 0 Å². The topological polar surface area (TPSA) is 60.9 Å². The molecule has 0 spiro atoms. The molecule has 6 heteroatoms. The fraction of sp³-hybridized carbons (Fsp3) is 0.263. The Hall–Kier alpha value is -2.53. The van der Waals surface area contributed by atoms with E-state index in [4.69, 9.17) is 11.6 Å². The minimum Gasteiger partial charge on any atom is -0.508 e. The summed E-state index contributed by atoms with van der Waals surface area (Å²) < 4.78 is 0. The van der Waals surface area contributed by atoms with Crippen LogP contribution in [-0.4, -0.2) is 52.9 Å². The van der Waals surface area contributed by atoms with Crippen molar-refractivity contribution in [3.8, 4) is 5.75 Å². The summed E-state index contributed by atoms with van der Waals surface area (Å²) in [4.78, 5) is 28.3. The Labute approximate surface area is 151 Å². The molecule has 0 aromatic heterocycles. The SMILES string of the molecule is O=C(Cc1ccccc1O)N1CCN(C(=O)c2ccc(Cl)cc2)CC1. The van der Waals surface area contributed by atoms with Crippen molar-refractivity contribution >= 4 is 23.4 Å². The van der Waals surface area contributed by atoms with Crippen LogP contribution in [0.4, 0.5) is 0 Å². The van der Waals surface area contributed by atoms with E-state index in [2.05, 4.69) is 0 Å². The number of amides is 2. The molecular weight excluding hydrogens is 340 g/mol. The van der Waals surface area contributed by atoms with Gasteiger partial charge in [0.1, 0.15) is 5.75 Å². The lowest BCUT2D eigenvalue weighted by atomic mass is 10.1. The number of nitrogens with zero attached hydrogens (tertiary/aromatic N) is 2. The average Bonchev–Trinajstić information content (AvgIpc) is 2.64. The lowest BCUT2D eigenvalue weighted by Crippen LogP contribution is -2.51. The summed E-state index contributed by atoms with van der Waals surface area (Å²) in [5, 5.41) is 10.4. The molecule has 0 atom stereocenters. The number of benzene rings is 2. The van der Waals surface area contributed by atoms with Gasteiger partial charge in [0.05, 0.1) is 6.42 Å². The first-order valence-electron chi connectivity index (χ1n) is 8.14. The second-order valence-corrected chi connectivity index (χ2v) is 6.42. The summed E-state index contributed by atoms with van der Waals surface area (Å²) in [5.41, 5.74) is 1.21. The van der Waals surface area contributed by atoms with E-state index in [0.717, 1.165) is 0 Å². The van der Waals surface area contributed by atoms with E-state index in [1.807, 2.05) is 0 Å². The van der Waals surface area contributed by atoms with Crippen molar-refractivity contribution in [1.82, 2.24) is 9.80 Å². The Bertz CT molecular complexity index is 768. The summed E-state index contributed by atoms with van der Waals surface area (Å²) in [6.07, 6.45) is 0.164. The Morgan fingerprint density at radius 3 is 2.16 bits per heavy atom. The molecule has 130 valence electrons. The highest BCUT2D eigenvalue weighted by Crippen LogP contribution is 2.18. The van der Waals surface area contributed by atoms with E-state index in [0.29, 0.717) is 42.3 Å². The molecule has 0 bridgehead atoms. The molecule has 0 saturated carbocycles. The van der Waals surface area contributed by atoms with Crippen molar-refractivity contribution in [2.45, 2.75) is 6.42 Å². The Morgan fingerprint density at radius 1 is 0.920 bits per heavy atom. The summed E-state index contributed by atoms with van der Waals surface area (Å²) in [6.45, 7) is 1.97. The van der Waals surface area contributed by atoms with Crippen LogP contribution in [0.1, 0.15) is 15.9 Å². The van der Waals surface area contributed by atoms with Crippen LogP contribution in [0.3, 0.4) is 0 Å². The number of hydrogen-bond donors (Lipinski definition) is 1. The van der Waals surface area contributed by atoms with Crippen LogP contribution in [0.5, 0.6) is 5.75 Å². The molecule has 2 aromatic rings. The van der Waals surface area contributed by atoms with Crippen LogP contribution < -0.4 is 0 Å². The van der Waals surface area contributed by atoms with Crippen molar-refractivity contribution < 1.29 is 14.7 Å². The predicted molar refractivity (Wildman–Crippen MR) is 95.7 cm³/mol. The van der Waals surface area contributed by atoms with Gasteiger partial charge in [0.25, 0.3) is 5.91 Å². The number of rotatable bonds is 3. The zero-order valence-corrected chi connectivity index (χ0v) is 14.4. The standard InChI is InChI=1S/C19H19ClN2O3/c20-16-7-5-14(6-8-16)19(25)22-11-9-21(10-12-22)18(24)13-15-3-1-2-4-17(15)23/h1-8,23H,9-13H2. The maximum atomic E-state index is 12.5. The van der Waals surface area contributed by atoms with Crippen LogP contribution in [0.2, 0.25) is 5.02 Å². The van der Waals surface area contributed by atoms with Crippen LogP contribution in [0.15, 0.2) is 48.5 Å². The molecule has 5 nitrogen and oxygen atoms in total. The summed E-state index contributed by atoms with van der Waals surface area (Å²) in [5.74, 6) is 0.0389. The summed E-state index contributed by atoms with van der Waals surface area (Å²) >= 11 is 5.85. The van der Waals surface area contributed by atoms with Gasteiger partial charge in [0, 0.05) is 42.3 Å². The number of aromatic hydroxyl groups is 1. The van der Waals surface area contributed by atoms with Crippen LogP contribution in [0, 0.1) is 0 Å². The molecule has 1 aliphatic rings. The fourth-order valence-electron chi connectivity index (χ4n) is 2.87. The highest BCUT2D eigenvalue weighted by molar-refractivity contribution is 6.30. The zero-order chi connectivity index (χ0) is 17.8. The number of piperazine rings is 1. The smallest absolute Gasteiger partial charge is 0.253 e. The van der Waals surface area contributed by atoms with Gasteiger partial charge >= 0.3 is 0 Å². The monoisotopic (exact) mass is 358 g/mol. The number of para-hydroxylation sites is 1. The maximum Gasteiger partial charge on any atom is 0.253 e. The molecule has 1 saturated heterocycles. The van der Waals surface area contributed by atoms with Crippen molar-refractivity contribution in [2.75, 3.05) is 26.2 Å². The van der Waals surface area contributed by atoms with Gasteiger partial charge in [-0.05, 0) is 30.3 Å². The van der Waals surface area contributed by atoms with Gasteiger partial charge in [-0.15, -0.1) is 0 Å². The maximum absolute atomic E-state index is 12.5. The largest absolute Gasteiger partial charge is 0.508 e. The Kier molecular flexibility index (Phi) is 5.24. The number of carbonyl (C=O) groups is 2. The number of carbonyl (C=O) groups excluding carboxylic acids is 2. The van der Waals surface area contributed by atoms with E-state index < -0.39 is 0 Å². The third-order valence-corrected chi connectivity index (χ3v) is 4.60. The van der Waals surface area contributed by atoms with Crippen molar-refractivity contribution in [3.05, 3.63) is 64.7 Å². The highest BCUT2D eigenvalue weighted by atomic mass is 35.5. The lowest BCUT2D eigenvalue weighted by Gasteiger charge is -2.35. The molecule has 25 heavy (non-hydrogen) atoms. The molecule has 1 aliphatic heterocycles. The first-order valence-corrected chi connectivity index (χ1v) is 8.52. The summed E-state index contributed by atoms with van der Waals surface area (Å²) in [7, 11) is 0. The predicted octanol–water partition coefficient (Wildman–Crippen LogP) is 2.57. The average molecular weight is 359 g/mol. The van der Waals surface area contributed by atoms with Gasteiger partial charge in [-0.2, -0.15) is 0 Å². The molecule has 0 unspecified atom stereocenters. The molecule has 2 amide bonds. The first-order chi connectivity index (χ1) is 12.0. The van der Waals surface area contributed by atoms with Gasteiger partial charge in [0.15, 0.2) is 0 Å². The molecule has 0 radical (unpaired) electrons. The van der Waals surface area contributed by atoms with E-state index >= 15 is 0 Å². The van der Waals surface area contributed by atoms with Gasteiger partial charge < -0.3 is 14.9 Å². The second kappa shape index (κ2) is 7.57. The van der Waals surface area contributed by atoms with Crippen molar-refractivity contribution in [3.63, 3.8) is 0 Å². The van der Waals surface area contributed by atoms with Gasteiger partial charge in [-0.25, -0.2) is 0 Å². The molecule has 1 heterocycles. The third kappa shape index (κ3) is 4.12. The molecule has 1 N–H and O–H groups in total. The van der Waals surface area contributed by atoms with Crippen LogP contribution in [-0.2, 0) is 11.2 Å². The summed E-state index contributed by atoms with van der Waals surface area (Å²) in [6, 6.07) is 13.6. The fourth-order valence-corrected chi connectivity index (χ4v) is 3.00. The third-order valence-electron chi connectivity index (χ3n) is 4.34. The van der Waals surface area contributed by atoms with Crippen LogP contribution >= 0.6 is 11.6 Å². The molecule has 1 fully saturated rings.